The Morgan fingerprint density at radius 2 is 2.19 bits per heavy atom. The fourth-order valence-electron chi connectivity index (χ4n) is 2.52. The molecule has 0 aromatic heterocycles. The summed E-state index contributed by atoms with van der Waals surface area (Å²) in [6, 6.07) is 8.47. The fourth-order valence-corrected chi connectivity index (χ4v) is 2.52. The van der Waals surface area contributed by atoms with Gasteiger partial charge in [0.1, 0.15) is 0 Å². The molecule has 0 radical (unpaired) electrons. The third-order valence-corrected chi connectivity index (χ3v) is 3.93. The number of benzene rings is 1. The Kier molecular flexibility index (Phi) is 6.21. The topological polar surface area (TPSA) is 58.4 Å². The Morgan fingerprint density at radius 1 is 1.38 bits per heavy atom. The van der Waals surface area contributed by atoms with Crippen LogP contribution in [0.1, 0.15) is 44.6 Å². The van der Waals surface area contributed by atoms with E-state index in [1.807, 2.05) is 24.3 Å². The molecule has 0 unspecified atom stereocenters. The molecule has 1 aliphatic rings. The van der Waals surface area contributed by atoms with Crippen LogP contribution >= 0.6 is 0 Å². The van der Waals surface area contributed by atoms with Crippen molar-refractivity contribution in [3.63, 3.8) is 0 Å². The third kappa shape index (κ3) is 5.48. The minimum Gasteiger partial charge on any atom is -0.326 e. The SMILES string of the molecule is CCCCN(CCC(=O)Nc1cccc(CN)c1)C1CC1. The predicted octanol–water partition coefficient (Wildman–Crippen LogP) is 2.74. The van der Waals surface area contributed by atoms with Gasteiger partial charge in [0.2, 0.25) is 5.91 Å². The molecule has 3 N–H and O–H groups in total. The number of amides is 1. The van der Waals surface area contributed by atoms with Crippen LogP contribution in [-0.2, 0) is 11.3 Å². The maximum Gasteiger partial charge on any atom is 0.225 e. The van der Waals surface area contributed by atoms with E-state index in [4.69, 9.17) is 5.73 Å². The van der Waals surface area contributed by atoms with E-state index in [-0.39, 0.29) is 5.91 Å². The molecule has 21 heavy (non-hydrogen) atoms. The van der Waals surface area contributed by atoms with Crippen LogP contribution in [0.15, 0.2) is 24.3 Å². The zero-order valence-electron chi connectivity index (χ0n) is 13.0. The van der Waals surface area contributed by atoms with Crippen LogP contribution < -0.4 is 11.1 Å². The lowest BCUT2D eigenvalue weighted by atomic mass is 10.2. The van der Waals surface area contributed by atoms with Crippen LogP contribution in [0.5, 0.6) is 0 Å². The van der Waals surface area contributed by atoms with E-state index in [9.17, 15) is 4.79 Å². The van der Waals surface area contributed by atoms with Gasteiger partial charge in [0.05, 0.1) is 0 Å². The second-order valence-corrected chi connectivity index (χ2v) is 5.82. The summed E-state index contributed by atoms with van der Waals surface area (Å²) >= 11 is 0. The van der Waals surface area contributed by atoms with Crippen molar-refractivity contribution in [2.45, 2.75) is 51.6 Å². The summed E-state index contributed by atoms with van der Waals surface area (Å²) in [6.45, 7) is 4.70. The van der Waals surface area contributed by atoms with Crippen LogP contribution in [0, 0.1) is 0 Å². The first-order valence-electron chi connectivity index (χ1n) is 8.06. The molecule has 1 aliphatic carbocycles. The molecule has 1 amide bonds. The van der Waals surface area contributed by atoms with Crippen molar-refractivity contribution in [3.8, 4) is 0 Å². The number of unbranched alkanes of at least 4 members (excludes halogenated alkanes) is 1. The van der Waals surface area contributed by atoms with Crippen molar-refractivity contribution < 1.29 is 4.79 Å². The van der Waals surface area contributed by atoms with Gasteiger partial charge >= 0.3 is 0 Å². The number of rotatable bonds is 9. The normalized spacial score (nSPS) is 14.4. The molecule has 1 aromatic rings. The van der Waals surface area contributed by atoms with Gasteiger partial charge in [0.25, 0.3) is 0 Å². The van der Waals surface area contributed by atoms with Gasteiger partial charge in [-0.2, -0.15) is 0 Å². The summed E-state index contributed by atoms with van der Waals surface area (Å²) in [5.74, 6) is 0.0892. The second kappa shape index (κ2) is 8.15. The van der Waals surface area contributed by atoms with Gasteiger partial charge < -0.3 is 11.1 Å². The van der Waals surface area contributed by atoms with Crippen LogP contribution in [0.2, 0.25) is 0 Å². The maximum absolute atomic E-state index is 12.1. The van der Waals surface area contributed by atoms with Crippen LogP contribution in [0.4, 0.5) is 5.69 Å². The number of nitrogens with zero attached hydrogens (tertiary/aromatic N) is 1. The van der Waals surface area contributed by atoms with Crippen molar-refractivity contribution in [2.75, 3.05) is 18.4 Å². The third-order valence-electron chi connectivity index (χ3n) is 3.93. The fraction of sp³-hybridized carbons (Fsp3) is 0.588. The lowest BCUT2D eigenvalue weighted by Gasteiger charge is -2.21. The average Bonchev–Trinajstić information content (AvgIpc) is 3.32. The Morgan fingerprint density at radius 3 is 2.86 bits per heavy atom. The highest BCUT2D eigenvalue weighted by atomic mass is 16.1. The van der Waals surface area contributed by atoms with Crippen molar-refractivity contribution in [1.82, 2.24) is 4.90 Å². The van der Waals surface area contributed by atoms with E-state index in [1.54, 1.807) is 0 Å². The van der Waals surface area contributed by atoms with Gasteiger partial charge in [-0.1, -0.05) is 25.5 Å². The molecular formula is C17H27N3O. The number of nitrogens with two attached hydrogens (primary N) is 1. The molecule has 0 spiro atoms. The Balaban J connectivity index is 1.77. The van der Waals surface area contributed by atoms with E-state index < -0.39 is 0 Å². The number of hydrogen-bond donors (Lipinski definition) is 2. The van der Waals surface area contributed by atoms with Crippen LogP contribution in [0.3, 0.4) is 0 Å². The van der Waals surface area contributed by atoms with E-state index in [0.717, 1.165) is 30.4 Å². The molecule has 0 heterocycles. The molecule has 0 aliphatic heterocycles. The van der Waals surface area contributed by atoms with E-state index in [1.165, 1.54) is 25.7 Å². The van der Waals surface area contributed by atoms with Crippen molar-refractivity contribution in [2.24, 2.45) is 5.73 Å². The highest BCUT2D eigenvalue weighted by molar-refractivity contribution is 5.90. The number of carbonyl (C=O) groups is 1. The lowest BCUT2D eigenvalue weighted by molar-refractivity contribution is -0.116. The molecule has 116 valence electrons. The summed E-state index contributed by atoms with van der Waals surface area (Å²) in [6.07, 6.45) is 5.58. The van der Waals surface area contributed by atoms with Crippen molar-refractivity contribution >= 4 is 11.6 Å². The molecule has 4 nitrogen and oxygen atoms in total. The van der Waals surface area contributed by atoms with Crippen LogP contribution in [-0.4, -0.2) is 29.9 Å². The van der Waals surface area contributed by atoms with E-state index in [2.05, 4.69) is 17.1 Å². The van der Waals surface area contributed by atoms with Crippen molar-refractivity contribution in [1.29, 1.82) is 0 Å². The summed E-state index contributed by atoms with van der Waals surface area (Å²) < 4.78 is 0. The molecule has 0 saturated heterocycles. The number of nitrogens with one attached hydrogen (secondary N) is 1. The summed E-state index contributed by atoms with van der Waals surface area (Å²) in [5.41, 5.74) is 7.49. The molecule has 1 fully saturated rings. The Bertz CT molecular complexity index is 457. The Hall–Kier alpha value is -1.39. The van der Waals surface area contributed by atoms with Gasteiger partial charge in [0, 0.05) is 31.2 Å². The summed E-state index contributed by atoms with van der Waals surface area (Å²) in [7, 11) is 0. The quantitative estimate of drug-likeness (QED) is 0.735. The average molecular weight is 289 g/mol. The summed E-state index contributed by atoms with van der Waals surface area (Å²) in [4.78, 5) is 14.5. The second-order valence-electron chi connectivity index (χ2n) is 5.82. The predicted molar refractivity (Wildman–Crippen MR) is 87.1 cm³/mol. The molecule has 0 atom stereocenters. The standard InChI is InChI=1S/C17H27N3O/c1-2-3-10-20(16-7-8-16)11-9-17(21)19-15-6-4-5-14(12-15)13-18/h4-6,12,16H,2-3,7-11,13,18H2,1H3,(H,19,21). The first-order chi connectivity index (χ1) is 10.2. The molecule has 4 heteroatoms. The minimum absolute atomic E-state index is 0.0892. The highest BCUT2D eigenvalue weighted by Gasteiger charge is 2.28. The maximum atomic E-state index is 12.1. The molecule has 0 bridgehead atoms. The highest BCUT2D eigenvalue weighted by Crippen LogP contribution is 2.27. The first kappa shape index (κ1) is 16.0. The van der Waals surface area contributed by atoms with E-state index in [0.29, 0.717) is 13.0 Å². The number of anilines is 1. The zero-order valence-corrected chi connectivity index (χ0v) is 13.0. The molecular weight excluding hydrogens is 262 g/mol. The molecule has 1 aromatic carbocycles. The van der Waals surface area contributed by atoms with Gasteiger partial charge in [-0.25, -0.2) is 0 Å². The summed E-state index contributed by atoms with van der Waals surface area (Å²) in [5, 5.41) is 2.97. The number of carbonyl (C=O) groups excluding carboxylic acids is 1. The molecule has 2 rings (SSSR count). The zero-order chi connectivity index (χ0) is 15.1. The van der Waals surface area contributed by atoms with Gasteiger partial charge in [-0.15, -0.1) is 0 Å². The minimum atomic E-state index is 0.0892. The largest absolute Gasteiger partial charge is 0.326 e. The molecule has 1 saturated carbocycles. The van der Waals surface area contributed by atoms with E-state index >= 15 is 0 Å². The van der Waals surface area contributed by atoms with Crippen LogP contribution in [0.25, 0.3) is 0 Å². The smallest absolute Gasteiger partial charge is 0.225 e. The first-order valence-corrected chi connectivity index (χ1v) is 8.06. The van der Waals surface area contributed by atoms with Gasteiger partial charge in [-0.05, 0) is 43.5 Å². The monoisotopic (exact) mass is 289 g/mol. The van der Waals surface area contributed by atoms with Gasteiger partial charge in [-0.3, -0.25) is 9.69 Å². The van der Waals surface area contributed by atoms with Gasteiger partial charge in [0.15, 0.2) is 0 Å². The Labute approximate surface area is 127 Å². The lowest BCUT2D eigenvalue weighted by Crippen LogP contribution is -2.30. The van der Waals surface area contributed by atoms with Crippen molar-refractivity contribution in [3.05, 3.63) is 29.8 Å². The number of hydrogen-bond acceptors (Lipinski definition) is 3.